The van der Waals surface area contributed by atoms with Crippen LogP contribution in [0.1, 0.15) is 56.3 Å². The van der Waals surface area contributed by atoms with Crippen LogP contribution in [0, 0.1) is 17.2 Å². The van der Waals surface area contributed by atoms with Gasteiger partial charge in [-0.2, -0.15) is 0 Å². The maximum absolute atomic E-state index is 13.8. The molecule has 1 aromatic rings. The number of carbonyl (C=O) groups is 2. The van der Waals surface area contributed by atoms with Crippen LogP contribution < -0.4 is 0 Å². The fourth-order valence-electron chi connectivity index (χ4n) is 4.25. The Hall–Kier alpha value is -1.62. The summed E-state index contributed by atoms with van der Waals surface area (Å²) < 4.78 is 13.8. The maximum atomic E-state index is 13.8. The number of likely N-dealkylation sites (tertiary alicyclic amines) is 2. The summed E-state index contributed by atoms with van der Waals surface area (Å²) in [5.74, 6) is 0.0528. The van der Waals surface area contributed by atoms with Crippen LogP contribution in [0.4, 0.5) is 4.39 Å². The molecule has 2 heterocycles. The first kappa shape index (κ1) is 20.1. The van der Waals surface area contributed by atoms with E-state index in [0.29, 0.717) is 31.0 Å². The van der Waals surface area contributed by atoms with E-state index in [1.807, 2.05) is 9.80 Å². The molecule has 6 heteroatoms. The molecular weight excluding hydrogens is 367 g/mol. The predicted molar refractivity (Wildman–Crippen MR) is 104 cm³/mol. The lowest BCUT2D eigenvalue weighted by molar-refractivity contribution is -0.139. The minimum atomic E-state index is -0.572. The van der Waals surface area contributed by atoms with Crippen molar-refractivity contribution in [1.82, 2.24) is 9.80 Å². The Morgan fingerprint density at radius 2 is 2.07 bits per heavy atom. The van der Waals surface area contributed by atoms with E-state index < -0.39 is 5.82 Å². The van der Waals surface area contributed by atoms with E-state index in [1.54, 1.807) is 6.07 Å². The normalized spacial score (nSPS) is 23.4. The van der Waals surface area contributed by atoms with E-state index >= 15 is 0 Å². The van der Waals surface area contributed by atoms with Gasteiger partial charge in [-0.15, -0.1) is 0 Å². The molecule has 1 spiro atoms. The lowest BCUT2D eigenvalue weighted by atomic mass is 9.73. The third kappa shape index (κ3) is 4.63. The number of nitrogens with zero attached hydrogens (tertiary/aromatic N) is 2. The zero-order chi connectivity index (χ0) is 19.6. The molecule has 0 radical (unpaired) electrons. The number of rotatable bonds is 4. The van der Waals surface area contributed by atoms with Gasteiger partial charge in [-0.3, -0.25) is 9.59 Å². The summed E-state index contributed by atoms with van der Waals surface area (Å²) in [4.78, 5) is 29.0. The molecule has 1 aromatic carbocycles. The summed E-state index contributed by atoms with van der Waals surface area (Å²) in [5, 5.41) is 0.0215. The Labute approximate surface area is 165 Å². The molecule has 148 valence electrons. The Bertz CT molecular complexity index is 724. The second-order valence-electron chi connectivity index (χ2n) is 8.46. The van der Waals surface area contributed by atoms with Gasteiger partial charge in [-0.05, 0) is 49.8 Å². The fourth-order valence-corrected chi connectivity index (χ4v) is 4.36. The Morgan fingerprint density at radius 1 is 1.30 bits per heavy atom. The maximum Gasteiger partial charge on any atom is 0.253 e. The summed E-state index contributed by atoms with van der Waals surface area (Å²) in [5.41, 5.74) is 0.293. The first-order chi connectivity index (χ1) is 12.8. The summed E-state index contributed by atoms with van der Waals surface area (Å²) in [6.07, 6.45) is 4.30. The van der Waals surface area contributed by atoms with Crippen molar-refractivity contribution in [1.29, 1.82) is 0 Å². The van der Waals surface area contributed by atoms with Crippen LogP contribution in [0.3, 0.4) is 0 Å². The molecule has 2 aliphatic heterocycles. The molecule has 2 aliphatic rings. The highest BCUT2D eigenvalue weighted by molar-refractivity contribution is 6.30. The number of hydrogen-bond donors (Lipinski definition) is 0. The molecular formula is C21H28ClFN2O2. The zero-order valence-electron chi connectivity index (χ0n) is 16.1. The van der Waals surface area contributed by atoms with Crippen LogP contribution in [-0.4, -0.2) is 47.8 Å². The minimum Gasteiger partial charge on any atom is -0.342 e. The van der Waals surface area contributed by atoms with Gasteiger partial charge < -0.3 is 9.80 Å². The first-order valence-corrected chi connectivity index (χ1v) is 10.2. The highest BCUT2D eigenvalue weighted by atomic mass is 35.5. The number of carbonyl (C=O) groups excluding carboxylic acids is 2. The molecule has 2 saturated heterocycles. The number of amides is 2. The topological polar surface area (TPSA) is 40.6 Å². The average molecular weight is 395 g/mol. The molecule has 0 bridgehead atoms. The SMILES string of the molecule is CC(C)CCN1CC2(CCCN(C(=O)c3ccc(Cl)c(F)c3)C2)CCC1=O. The number of piperidine rings is 2. The lowest BCUT2D eigenvalue weighted by Crippen LogP contribution is -2.55. The molecule has 0 N–H and O–H groups in total. The van der Waals surface area contributed by atoms with Gasteiger partial charge in [0.2, 0.25) is 5.91 Å². The zero-order valence-corrected chi connectivity index (χ0v) is 16.9. The highest BCUT2D eigenvalue weighted by Gasteiger charge is 2.42. The van der Waals surface area contributed by atoms with Gasteiger partial charge in [-0.25, -0.2) is 4.39 Å². The summed E-state index contributed by atoms with van der Waals surface area (Å²) in [7, 11) is 0. The van der Waals surface area contributed by atoms with Gasteiger partial charge in [0, 0.05) is 43.6 Å². The highest BCUT2D eigenvalue weighted by Crippen LogP contribution is 2.39. The lowest BCUT2D eigenvalue weighted by Gasteiger charge is -2.48. The Kier molecular flexibility index (Phi) is 6.09. The first-order valence-electron chi connectivity index (χ1n) is 9.82. The third-order valence-corrected chi connectivity index (χ3v) is 6.15. The van der Waals surface area contributed by atoms with E-state index in [4.69, 9.17) is 11.6 Å². The van der Waals surface area contributed by atoms with Crippen LogP contribution in [0.5, 0.6) is 0 Å². The van der Waals surface area contributed by atoms with Crippen molar-refractivity contribution in [2.24, 2.45) is 11.3 Å². The van der Waals surface area contributed by atoms with E-state index in [9.17, 15) is 14.0 Å². The largest absolute Gasteiger partial charge is 0.342 e. The van der Waals surface area contributed by atoms with Gasteiger partial charge in [-0.1, -0.05) is 25.4 Å². The molecule has 4 nitrogen and oxygen atoms in total. The molecule has 1 atom stereocenters. The van der Waals surface area contributed by atoms with Crippen LogP contribution in [0.25, 0.3) is 0 Å². The van der Waals surface area contributed by atoms with Gasteiger partial charge in [0.25, 0.3) is 5.91 Å². The van der Waals surface area contributed by atoms with Gasteiger partial charge in [0.05, 0.1) is 5.02 Å². The number of halogens is 2. The van der Waals surface area contributed by atoms with Crippen molar-refractivity contribution in [3.63, 3.8) is 0 Å². The van der Waals surface area contributed by atoms with E-state index in [0.717, 1.165) is 38.8 Å². The predicted octanol–water partition coefficient (Wildman–Crippen LogP) is 4.37. The molecule has 0 aromatic heterocycles. The molecule has 27 heavy (non-hydrogen) atoms. The average Bonchev–Trinajstić information content (AvgIpc) is 2.64. The van der Waals surface area contributed by atoms with Crippen LogP contribution in [0.15, 0.2) is 18.2 Å². The Morgan fingerprint density at radius 3 is 2.78 bits per heavy atom. The van der Waals surface area contributed by atoms with Gasteiger partial charge >= 0.3 is 0 Å². The molecule has 3 rings (SSSR count). The summed E-state index contributed by atoms with van der Waals surface area (Å²) >= 11 is 5.73. The summed E-state index contributed by atoms with van der Waals surface area (Å²) in [6, 6.07) is 4.22. The quantitative estimate of drug-likeness (QED) is 0.760. The molecule has 0 aliphatic carbocycles. The Balaban J connectivity index is 1.71. The van der Waals surface area contributed by atoms with Crippen molar-refractivity contribution >= 4 is 23.4 Å². The second kappa shape index (κ2) is 8.17. The minimum absolute atomic E-state index is 0.0215. The van der Waals surface area contributed by atoms with Crippen molar-refractivity contribution in [2.75, 3.05) is 26.2 Å². The van der Waals surface area contributed by atoms with Crippen LogP contribution in [0.2, 0.25) is 5.02 Å². The number of benzene rings is 1. The molecule has 2 amide bonds. The standard InChI is InChI=1S/C21H28ClFN2O2/c1-15(2)7-11-24-13-21(9-6-19(24)26)8-3-10-25(14-21)20(27)16-4-5-17(22)18(23)12-16/h4-5,12,15H,3,6-11,13-14H2,1-2H3. The monoisotopic (exact) mass is 394 g/mol. The van der Waals surface area contributed by atoms with Crippen LogP contribution >= 0.6 is 11.6 Å². The molecule has 2 fully saturated rings. The van der Waals surface area contributed by atoms with E-state index in [2.05, 4.69) is 13.8 Å². The second-order valence-corrected chi connectivity index (χ2v) is 8.86. The van der Waals surface area contributed by atoms with Crippen molar-refractivity contribution in [3.05, 3.63) is 34.6 Å². The van der Waals surface area contributed by atoms with Crippen LogP contribution in [-0.2, 0) is 4.79 Å². The van der Waals surface area contributed by atoms with E-state index in [-0.39, 0.29) is 22.3 Å². The molecule has 0 saturated carbocycles. The van der Waals surface area contributed by atoms with Crippen molar-refractivity contribution in [3.8, 4) is 0 Å². The van der Waals surface area contributed by atoms with Gasteiger partial charge in [0.15, 0.2) is 0 Å². The number of hydrogen-bond acceptors (Lipinski definition) is 2. The van der Waals surface area contributed by atoms with Gasteiger partial charge in [0.1, 0.15) is 5.82 Å². The molecule has 1 unspecified atom stereocenters. The van der Waals surface area contributed by atoms with E-state index in [1.165, 1.54) is 12.1 Å². The smallest absolute Gasteiger partial charge is 0.253 e. The fraction of sp³-hybridized carbons (Fsp3) is 0.619. The third-order valence-electron chi connectivity index (χ3n) is 5.84. The van der Waals surface area contributed by atoms with Crippen molar-refractivity contribution in [2.45, 2.75) is 46.0 Å². The van der Waals surface area contributed by atoms with Crippen molar-refractivity contribution < 1.29 is 14.0 Å². The summed E-state index contributed by atoms with van der Waals surface area (Å²) in [6.45, 7) is 7.13.